The average Bonchev–Trinajstić information content (AvgIpc) is 3.00. The molecule has 0 aromatic heterocycles. The van der Waals surface area contributed by atoms with Crippen LogP contribution in [0.2, 0.25) is 0 Å². The maximum Gasteiger partial charge on any atom is 0.200 e. The largest absolute Gasteiger partial charge is 0.490 e. The number of ether oxygens (including phenoxy) is 2. The van der Waals surface area contributed by atoms with E-state index in [9.17, 15) is 4.79 Å². The number of rotatable bonds is 8. The Kier molecular flexibility index (Phi) is 8.18. The first-order valence-electron chi connectivity index (χ1n) is 11.4. The molecule has 1 aliphatic carbocycles. The summed E-state index contributed by atoms with van der Waals surface area (Å²) in [6, 6.07) is 13.9. The van der Waals surface area contributed by atoms with Crippen LogP contribution >= 0.6 is 12.4 Å². The summed E-state index contributed by atoms with van der Waals surface area (Å²) in [5.41, 5.74) is 0.680. The number of nitrogens with zero attached hydrogens (tertiary/aromatic N) is 1. The molecule has 2 aromatic rings. The number of Topliss-reactive ketones (excluding diaryl/α,β-unsaturated/α-hetero) is 1. The summed E-state index contributed by atoms with van der Waals surface area (Å²) in [5.74, 6) is 0.954. The fourth-order valence-electron chi connectivity index (χ4n) is 4.93. The number of hydrogen-bond acceptors (Lipinski definition) is 4. The van der Waals surface area contributed by atoms with Gasteiger partial charge in [-0.25, -0.2) is 4.39 Å². The maximum atomic E-state index is 15.9. The van der Waals surface area contributed by atoms with Crippen molar-refractivity contribution in [2.45, 2.75) is 51.7 Å². The molecule has 0 saturated carbocycles. The number of piperidine rings is 1. The first kappa shape index (κ1) is 24.5. The lowest BCUT2D eigenvalue weighted by Gasteiger charge is -2.34. The monoisotopic (exact) mass is 461 g/mol. The number of halogens is 2. The molecule has 0 spiro atoms. The summed E-state index contributed by atoms with van der Waals surface area (Å²) >= 11 is 0. The topological polar surface area (TPSA) is 38.8 Å². The number of hydrogen-bond donors (Lipinski definition) is 0. The fourth-order valence-corrected chi connectivity index (χ4v) is 4.93. The van der Waals surface area contributed by atoms with Crippen LogP contribution in [0, 0.1) is 5.92 Å². The van der Waals surface area contributed by atoms with Gasteiger partial charge in [-0.2, -0.15) is 0 Å². The van der Waals surface area contributed by atoms with Gasteiger partial charge in [-0.05, 0) is 75.4 Å². The minimum absolute atomic E-state index is 0. The van der Waals surface area contributed by atoms with E-state index in [2.05, 4.69) is 29.2 Å². The van der Waals surface area contributed by atoms with Gasteiger partial charge >= 0.3 is 0 Å². The zero-order valence-electron chi connectivity index (χ0n) is 18.9. The average molecular weight is 462 g/mol. The van der Waals surface area contributed by atoms with Crippen molar-refractivity contribution in [3.05, 3.63) is 59.2 Å². The minimum Gasteiger partial charge on any atom is -0.490 e. The summed E-state index contributed by atoms with van der Waals surface area (Å²) < 4.78 is 27.2. The quantitative estimate of drug-likeness (QED) is 0.508. The van der Waals surface area contributed by atoms with E-state index in [0.29, 0.717) is 36.7 Å². The number of alkyl halides is 1. The molecule has 2 aromatic carbocycles. The highest BCUT2D eigenvalue weighted by Crippen LogP contribution is 2.43. The second-order valence-corrected chi connectivity index (χ2v) is 8.70. The van der Waals surface area contributed by atoms with Crippen molar-refractivity contribution < 1.29 is 18.7 Å². The lowest BCUT2D eigenvalue weighted by Crippen LogP contribution is -2.38. The maximum absolute atomic E-state index is 15.9. The second-order valence-electron chi connectivity index (χ2n) is 8.70. The van der Waals surface area contributed by atoms with E-state index < -0.39 is 11.5 Å². The molecule has 1 aliphatic heterocycles. The van der Waals surface area contributed by atoms with Crippen molar-refractivity contribution in [2.24, 2.45) is 5.92 Å². The Hall–Kier alpha value is -2.11. The number of fused-ring (bicyclic) bond motifs is 1. The third kappa shape index (κ3) is 5.26. The standard InChI is InChI=1S/C26H32FNO3.ClH/c1-3-30-23-14-21-17-26(27,25(29)22(21)15-24(23)31-4-2)16-19-10-12-28(13-11-19)18-20-8-6-5-7-9-20;/h5-9,14-15,19H,3-4,10-13,16-18H2,1-2H3;1H. The normalized spacial score (nSPS) is 21.2. The van der Waals surface area contributed by atoms with Gasteiger partial charge in [0.05, 0.1) is 13.2 Å². The van der Waals surface area contributed by atoms with Crippen LogP contribution in [-0.2, 0) is 13.0 Å². The van der Waals surface area contributed by atoms with Crippen molar-refractivity contribution >= 4 is 18.2 Å². The van der Waals surface area contributed by atoms with E-state index in [-0.39, 0.29) is 24.7 Å². The van der Waals surface area contributed by atoms with Gasteiger partial charge in [0.2, 0.25) is 5.78 Å². The SMILES string of the molecule is CCOc1cc2c(cc1OCC)C(=O)C(F)(CC1CCN(Cc3ccccc3)CC1)C2.Cl. The minimum atomic E-state index is -1.82. The highest BCUT2D eigenvalue weighted by molar-refractivity contribution is 6.07. The Morgan fingerprint density at radius 3 is 2.28 bits per heavy atom. The van der Waals surface area contributed by atoms with Gasteiger partial charge in [0.25, 0.3) is 0 Å². The molecule has 1 fully saturated rings. The number of carbonyl (C=O) groups excluding carboxylic acids is 1. The van der Waals surface area contributed by atoms with Crippen molar-refractivity contribution in [2.75, 3.05) is 26.3 Å². The summed E-state index contributed by atoms with van der Waals surface area (Å²) in [5, 5.41) is 0. The van der Waals surface area contributed by atoms with E-state index in [1.807, 2.05) is 19.9 Å². The molecule has 32 heavy (non-hydrogen) atoms. The number of likely N-dealkylation sites (tertiary alicyclic amines) is 1. The molecular formula is C26H33ClFNO3. The summed E-state index contributed by atoms with van der Waals surface area (Å²) in [4.78, 5) is 15.5. The first-order valence-corrected chi connectivity index (χ1v) is 11.4. The third-order valence-corrected chi connectivity index (χ3v) is 6.46. The van der Waals surface area contributed by atoms with Gasteiger partial charge in [0.1, 0.15) is 0 Å². The van der Waals surface area contributed by atoms with Crippen molar-refractivity contribution in [3.8, 4) is 11.5 Å². The van der Waals surface area contributed by atoms with Gasteiger partial charge in [-0.15, -0.1) is 12.4 Å². The van der Waals surface area contributed by atoms with Gasteiger partial charge in [-0.3, -0.25) is 9.69 Å². The Balaban J connectivity index is 0.00000289. The first-order chi connectivity index (χ1) is 15.0. The molecule has 174 valence electrons. The highest BCUT2D eigenvalue weighted by atomic mass is 35.5. The molecule has 4 nitrogen and oxygen atoms in total. The molecule has 0 amide bonds. The van der Waals surface area contributed by atoms with Gasteiger partial charge in [0, 0.05) is 18.5 Å². The lowest BCUT2D eigenvalue weighted by atomic mass is 9.83. The van der Waals surface area contributed by atoms with E-state index in [1.54, 1.807) is 12.1 Å². The van der Waals surface area contributed by atoms with E-state index in [4.69, 9.17) is 9.47 Å². The van der Waals surface area contributed by atoms with Crippen molar-refractivity contribution in [1.82, 2.24) is 4.90 Å². The summed E-state index contributed by atoms with van der Waals surface area (Å²) in [7, 11) is 0. The molecule has 1 atom stereocenters. The number of carbonyl (C=O) groups is 1. The molecular weight excluding hydrogens is 429 g/mol. The molecule has 1 unspecified atom stereocenters. The van der Waals surface area contributed by atoms with E-state index in [0.717, 1.165) is 38.0 Å². The Morgan fingerprint density at radius 2 is 1.66 bits per heavy atom. The summed E-state index contributed by atoms with van der Waals surface area (Å²) in [6.45, 7) is 7.56. The molecule has 1 saturated heterocycles. The van der Waals surface area contributed by atoms with Crippen LogP contribution < -0.4 is 9.47 Å². The Labute approximate surface area is 196 Å². The van der Waals surface area contributed by atoms with Crippen LogP contribution in [0.25, 0.3) is 0 Å². The van der Waals surface area contributed by atoms with Crippen LogP contribution in [0.15, 0.2) is 42.5 Å². The fraction of sp³-hybridized carbons (Fsp3) is 0.500. The van der Waals surface area contributed by atoms with Gasteiger partial charge < -0.3 is 9.47 Å². The predicted molar refractivity (Wildman–Crippen MR) is 127 cm³/mol. The highest BCUT2D eigenvalue weighted by Gasteiger charge is 2.48. The zero-order chi connectivity index (χ0) is 21.8. The summed E-state index contributed by atoms with van der Waals surface area (Å²) in [6.07, 6.45) is 2.29. The van der Waals surface area contributed by atoms with Crippen LogP contribution in [0.1, 0.15) is 54.6 Å². The van der Waals surface area contributed by atoms with E-state index in [1.165, 1.54) is 5.56 Å². The van der Waals surface area contributed by atoms with Crippen molar-refractivity contribution in [1.29, 1.82) is 0 Å². The van der Waals surface area contributed by atoms with Gasteiger partial charge in [0.15, 0.2) is 17.2 Å². The third-order valence-electron chi connectivity index (χ3n) is 6.46. The van der Waals surface area contributed by atoms with E-state index >= 15 is 4.39 Å². The Bertz CT molecular complexity index is 915. The lowest BCUT2D eigenvalue weighted by molar-refractivity contribution is 0.0587. The van der Waals surface area contributed by atoms with Crippen LogP contribution in [0.5, 0.6) is 11.5 Å². The van der Waals surface area contributed by atoms with Crippen LogP contribution in [-0.4, -0.2) is 42.7 Å². The van der Waals surface area contributed by atoms with Crippen molar-refractivity contribution in [3.63, 3.8) is 0 Å². The zero-order valence-corrected chi connectivity index (χ0v) is 19.8. The molecule has 1 heterocycles. The smallest absolute Gasteiger partial charge is 0.200 e. The van der Waals surface area contributed by atoms with Gasteiger partial charge in [-0.1, -0.05) is 30.3 Å². The molecule has 4 rings (SSSR count). The molecule has 0 bridgehead atoms. The predicted octanol–water partition coefficient (Wildman–Crippen LogP) is 5.66. The van der Waals surface area contributed by atoms with Crippen LogP contribution in [0.3, 0.4) is 0 Å². The Morgan fingerprint density at radius 1 is 1.03 bits per heavy atom. The van der Waals surface area contributed by atoms with Crippen LogP contribution in [0.4, 0.5) is 4.39 Å². The molecule has 6 heteroatoms. The second kappa shape index (κ2) is 10.7. The molecule has 2 aliphatic rings. The number of benzene rings is 2. The number of ketones is 1. The molecule has 0 N–H and O–H groups in total. The molecule has 0 radical (unpaired) electrons.